The number of carbonyl (C=O) groups is 1. The molecule has 0 aliphatic heterocycles. The molecular weight excluding hydrogens is 318 g/mol. The highest BCUT2D eigenvalue weighted by molar-refractivity contribution is 5.91. The fourth-order valence-corrected chi connectivity index (χ4v) is 2.26. The lowest BCUT2D eigenvalue weighted by Crippen LogP contribution is -2.20. The first-order valence-corrected chi connectivity index (χ1v) is 8.08. The summed E-state index contributed by atoms with van der Waals surface area (Å²) < 4.78 is 15.9. The fourth-order valence-electron chi connectivity index (χ4n) is 2.26. The van der Waals surface area contributed by atoms with E-state index in [-0.39, 0.29) is 17.9 Å². The number of nitrogens with one attached hydrogen (secondary N) is 1. The van der Waals surface area contributed by atoms with Crippen molar-refractivity contribution in [3.63, 3.8) is 0 Å². The second-order valence-electron chi connectivity index (χ2n) is 6.71. The highest BCUT2D eigenvalue weighted by atomic mass is 16.5. The van der Waals surface area contributed by atoms with Crippen molar-refractivity contribution in [1.82, 2.24) is 0 Å². The van der Waals surface area contributed by atoms with Crippen LogP contribution in [0.25, 0.3) is 0 Å². The molecular formula is C20H25NO4. The first-order valence-electron chi connectivity index (χ1n) is 8.08. The molecule has 0 bridgehead atoms. The quantitative estimate of drug-likeness (QED) is 0.861. The fraction of sp³-hybridized carbons (Fsp3) is 0.350. The second-order valence-corrected chi connectivity index (χ2v) is 6.71. The molecule has 0 atom stereocenters. The molecule has 0 unspecified atom stereocenters. The molecule has 0 saturated heterocycles. The van der Waals surface area contributed by atoms with Gasteiger partial charge in [-0.3, -0.25) is 4.79 Å². The molecule has 5 nitrogen and oxygen atoms in total. The molecule has 0 aliphatic rings. The van der Waals surface area contributed by atoms with Crippen molar-refractivity contribution in [2.24, 2.45) is 0 Å². The minimum atomic E-state index is -0.231. The molecule has 0 fully saturated rings. The smallest absolute Gasteiger partial charge is 0.262 e. The van der Waals surface area contributed by atoms with Crippen molar-refractivity contribution in [2.45, 2.75) is 26.2 Å². The molecule has 0 saturated carbocycles. The summed E-state index contributed by atoms with van der Waals surface area (Å²) in [4.78, 5) is 12.1. The van der Waals surface area contributed by atoms with E-state index in [0.717, 1.165) is 5.69 Å². The Morgan fingerprint density at radius 3 is 1.92 bits per heavy atom. The van der Waals surface area contributed by atoms with Crippen molar-refractivity contribution >= 4 is 11.6 Å². The third-order valence-electron chi connectivity index (χ3n) is 3.73. The Bertz CT molecular complexity index is 695. The molecule has 2 aromatic carbocycles. The van der Waals surface area contributed by atoms with Crippen molar-refractivity contribution < 1.29 is 19.0 Å². The predicted octanol–water partition coefficient (Wildman–Crippen LogP) is 4.02. The van der Waals surface area contributed by atoms with E-state index in [9.17, 15) is 4.79 Å². The predicted molar refractivity (Wildman–Crippen MR) is 98.8 cm³/mol. The van der Waals surface area contributed by atoms with Gasteiger partial charge in [0.05, 0.1) is 14.2 Å². The van der Waals surface area contributed by atoms with Crippen molar-refractivity contribution in [3.05, 3.63) is 48.0 Å². The van der Waals surface area contributed by atoms with E-state index in [1.165, 1.54) is 5.56 Å². The van der Waals surface area contributed by atoms with Crippen LogP contribution < -0.4 is 19.5 Å². The summed E-state index contributed by atoms with van der Waals surface area (Å²) in [6.45, 7) is 6.35. The molecule has 0 aliphatic carbocycles. The zero-order valence-electron chi connectivity index (χ0n) is 15.4. The first-order chi connectivity index (χ1) is 11.8. The van der Waals surface area contributed by atoms with Crippen molar-refractivity contribution in [3.8, 4) is 17.2 Å². The molecule has 0 aromatic heterocycles. The average Bonchev–Trinajstić information content (AvgIpc) is 2.59. The Kier molecular flexibility index (Phi) is 5.91. The Balaban J connectivity index is 1.95. The van der Waals surface area contributed by atoms with E-state index >= 15 is 0 Å². The monoisotopic (exact) mass is 343 g/mol. The summed E-state index contributed by atoms with van der Waals surface area (Å²) in [5, 5.41) is 2.82. The topological polar surface area (TPSA) is 56.8 Å². The Hall–Kier alpha value is -2.69. The van der Waals surface area contributed by atoms with E-state index in [0.29, 0.717) is 17.2 Å². The molecule has 134 valence electrons. The molecule has 5 heteroatoms. The van der Waals surface area contributed by atoms with Crippen molar-refractivity contribution in [2.75, 3.05) is 26.1 Å². The van der Waals surface area contributed by atoms with Crippen LogP contribution in [-0.4, -0.2) is 26.7 Å². The summed E-state index contributed by atoms with van der Waals surface area (Å²) in [5.41, 5.74) is 2.03. The van der Waals surface area contributed by atoms with Gasteiger partial charge >= 0.3 is 0 Å². The molecule has 2 rings (SSSR count). The van der Waals surface area contributed by atoms with Gasteiger partial charge in [-0.2, -0.15) is 0 Å². The van der Waals surface area contributed by atoms with Crippen LogP contribution in [0.1, 0.15) is 26.3 Å². The molecule has 0 spiro atoms. The molecule has 0 heterocycles. The lowest BCUT2D eigenvalue weighted by molar-refractivity contribution is -0.118. The van der Waals surface area contributed by atoms with Crippen LogP contribution in [0.15, 0.2) is 42.5 Å². The molecule has 2 aromatic rings. The van der Waals surface area contributed by atoms with E-state index < -0.39 is 0 Å². The van der Waals surface area contributed by atoms with Gasteiger partial charge in [0.2, 0.25) is 0 Å². The van der Waals surface area contributed by atoms with E-state index in [2.05, 4.69) is 26.1 Å². The number of carbonyl (C=O) groups excluding carboxylic acids is 1. The van der Waals surface area contributed by atoms with Gasteiger partial charge in [-0.15, -0.1) is 0 Å². The Morgan fingerprint density at radius 2 is 1.44 bits per heavy atom. The maximum absolute atomic E-state index is 12.1. The highest BCUT2D eigenvalue weighted by Gasteiger charge is 2.13. The number of ether oxygens (including phenoxy) is 3. The standard InChI is InChI=1S/C20H25NO4/c1-20(2,3)14-6-8-15(9-7-14)21-19(22)13-25-18-11-16(23-4)10-17(12-18)24-5/h6-12H,13H2,1-5H3,(H,21,22). The summed E-state index contributed by atoms with van der Waals surface area (Å²) in [6, 6.07) is 13.0. The molecule has 0 radical (unpaired) electrons. The number of hydrogen-bond donors (Lipinski definition) is 1. The van der Waals surface area contributed by atoms with Gasteiger partial charge in [-0.1, -0.05) is 32.9 Å². The van der Waals surface area contributed by atoms with E-state index in [1.807, 2.05) is 24.3 Å². The summed E-state index contributed by atoms with van der Waals surface area (Å²) in [6.07, 6.45) is 0. The zero-order chi connectivity index (χ0) is 18.4. The SMILES string of the molecule is COc1cc(OC)cc(OCC(=O)Nc2ccc(C(C)(C)C)cc2)c1. The Labute approximate surface area is 148 Å². The van der Waals surface area contributed by atoms with Gasteiger partial charge in [-0.25, -0.2) is 0 Å². The Morgan fingerprint density at radius 1 is 0.920 bits per heavy atom. The maximum atomic E-state index is 12.1. The van der Waals surface area contributed by atoms with Crippen LogP contribution in [0.4, 0.5) is 5.69 Å². The van der Waals surface area contributed by atoms with Crippen molar-refractivity contribution in [1.29, 1.82) is 0 Å². The number of hydrogen-bond acceptors (Lipinski definition) is 4. The number of methoxy groups -OCH3 is 2. The zero-order valence-corrected chi connectivity index (χ0v) is 15.4. The number of amides is 1. The third kappa shape index (κ3) is 5.41. The average molecular weight is 343 g/mol. The summed E-state index contributed by atoms with van der Waals surface area (Å²) in [5.74, 6) is 1.49. The minimum absolute atomic E-state index is 0.0804. The number of benzene rings is 2. The summed E-state index contributed by atoms with van der Waals surface area (Å²) >= 11 is 0. The second kappa shape index (κ2) is 7.92. The van der Waals surface area contributed by atoms with Gasteiger partial charge in [0.1, 0.15) is 17.2 Å². The van der Waals surface area contributed by atoms with Crippen LogP contribution in [0, 0.1) is 0 Å². The highest BCUT2D eigenvalue weighted by Crippen LogP contribution is 2.27. The number of rotatable bonds is 6. The third-order valence-corrected chi connectivity index (χ3v) is 3.73. The first kappa shape index (κ1) is 18.6. The minimum Gasteiger partial charge on any atom is -0.496 e. The van der Waals surface area contributed by atoms with Gasteiger partial charge in [0, 0.05) is 23.9 Å². The normalized spacial score (nSPS) is 10.9. The van der Waals surface area contributed by atoms with Gasteiger partial charge < -0.3 is 19.5 Å². The van der Waals surface area contributed by atoms with Crippen LogP contribution in [0.3, 0.4) is 0 Å². The van der Waals surface area contributed by atoms with Gasteiger partial charge in [-0.05, 0) is 23.1 Å². The molecule has 25 heavy (non-hydrogen) atoms. The number of anilines is 1. The molecule has 1 N–H and O–H groups in total. The van der Waals surface area contributed by atoms with Gasteiger partial charge in [0.25, 0.3) is 5.91 Å². The van der Waals surface area contributed by atoms with E-state index in [4.69, 9.17) is 14.2 Å². The summed E-state index contributed by atoms with van der Waals surface area (Å²) in [7, 11) is 3.12. The largest absolute Gasteiger partial charge is 0.496 e. The maximum Gasteiger partial charge on any atom is 0.262 e. The lowest BCUT2D eigenvalue weighted by Gasteiger charge is -2.19. The van der Waals surface area contributed by atoms with Crippen LogP contribution in [0.2, 0.25) is 0 Å². The van der Waals surface area contributed by atoms with Gasteiger partial charge in [0.15, 0.2) is 6.61 Å². The van der Waals surface area contributed by atoms with Crippen LogP contribution in [-0.2, 0) is 10.2 Å². The van der Waals surface area contributed by atoms with Crippen LogP contribution >= 0.6 is 0 Å². The lowest BCUT2D eigenvalue weighted by atomic mass is 9.87. The van der Waals surface area contributed by atoms with E-state index in [1.54, 1.807) is 32.4 Å². The van der Waals surface area contributed by atoms with Crippen LogP contribution in [0.5, 0.6) is 17.2 Å². The molecule has 1 amide bonds.